The average Bonchev–Trinajstić information content (AvgIpc) is 2.76. The second-order valence-corrected chi connectivity index (χ2v) is 13.9. The highest BCUT2D eigenvalue weighted by Crippen LogP contribution is 2.59. The maximum Gasteiger partial charge on any atom is 0.323 e. The molecule has 2 N–H and O–H groups in total. The Balaban J connectivity index is 1.31. The van der Waals surface area contributed by atoms with E-state index in [0.717, 1.165) is 42.3 Å². The number of hydrogen-bond acceptors (Lipinski definition) is 5. The molecule has 6 heteroatoms. The van der Waals surface area contributed by atoms with Crippen molar-refractivity contribution >= 4 is 23.6 Å². The lowest BCUT2D eigenvalue weighted by molar-refractivity contribution is -0.158. The maximum atomic E-state index is 13.5. The molecule has 1 amide bonds. The zero-order chi connectivity index (χ0) is 24.0. The van der Waals surface area contributed by atoms with E-state index in [1.165, 1.54) is 50.3 Å². The quantitative estimate of drug-likeness (QED) is 0.544. The first-order valence-corrected chi connectivity index (χ1v) is 14.0. The lowest BCUT2D eigenvalue weighted by atomic mass is 9.49. The van der Waals surface area contributed by atoms with Gasteiger partial charge in [-0.05, 0) is 121 Å². The number of esters is 1. The van der Waals surface area contributed by atoms with Gasteiger partial charge in [0.05, 0.1) is 5.56 Å². The van der Waals surface area contributed by atoms with Crippen LogP contribution in [0.1, 0.15) is 82.5 Å². The number of benzene rings is 1. The van der Waals surface area contributed by atoms with Crippen molar-refractivity contribution in [2.75, 3.05) is 19.6 Å². The van der Waals surface area contributed by atoms with E-state index in [2.05, 4.69) is 10.6 Å². The van der Waals surface area contributed by atoms with E-state index < -0.39 is 10.3 Å². The van der Waals surface area contributed by atoms with Crippen molar-refractivity contribution in [3.63, 3.8) is 0 Å². The van der Waals surface area contributed by atoms with E-state index in [1.54, 1.807) is 0 Å². The third-order valence-electron chi connectivity index (χ3n) is 8.41. The van der Waals surface area contributed by atoms with Crippen molar-refractivity contribution in [3.8, 4) is 0 Å². The number of carbonyl (C=O) groups is 2. The first-order chi connectivity index (χ1) is 16.2. The summed E-state index contributed by atoms with van der Waals surface area (Å²) in [5.74, 6) is 2.45. The third-order valence-corrected chi connectivity index (χ3v) is 9.95. The molecule has 1 aliphatic heterocycles. The minimum atomic E-state index is -0.672. The Morgan fingerprint density at radius 3 is 2.21 bits per heavy atom. The van der Waals surface area contributed by atoms with Gasteiger partial charge in [-0.3, -0.25) is 9.59 Å². The summed E-state index contributed by atoms with van der Waals surface area (Å²) in [7, 11) is 0. The van der Waals surface area contributed by atoms with Gasteiger partial charge in [0.25, 0.3) is 5.91 Å². The summed E-state index contributed by atoms with van der Waals surface area (Å²) < 4.78 is 5.18. The van der Waals surface area contributed by atoms with Crippen molar-refractivity contribution in [1.29, 1.82) is 0 Å². The van der Waals surface area contributed by atoms with Gasteiger partial charge in [0.2, 0.25) is 0 Å². The lowest BCUT2D eigenvalue weighted by Gasteiger charge is -2.56. The zero-order valence-corrected chi connectivity index (χ0v) is 21.8. The molecule has 0 atom stereocenters. The molecule has 1 aromatic rings. The van der Waals surface area contributed by atoms with Crippen LogP contribution in [0.3, 0.4) is 0 Å². The first kappa shape index (κ1) is 24.2. The SMILES string of the molecule is CC(C)(C)OC(=O)C1(Sc2ccccc2C(=O)NCC23CC4CC(CC(C4)C2)C3)CCNCC1. The van der Waals surface area contributed by atoms with E-state index in [0.29, 0.717) is 23.8 Å². The predicted octanol–water partition coefficient (Wildman–Crippen LogP) is 5.19. The maximum absolute atomic E-state index is 13.5. The van der Waals surface area contributed by atoms with Crippen molar-refractivity contribution in [1.82, 2.24) is 10.6 Å². The number of amides is 1. The van der Waals surface area contributed by atoms with E-state index in [9.17, 15) is 9.59 Å². The van der Waals surface area contributed by atoms with E-state index >= 15 is 0 Å². The fraction of sp³-hybridized carbons (Fsp3) is 0.714. The van der Waals surface area contributed by atoms with Crippen LogP contribution < -0.4 is 10.6 Å². The summed E-state index contributed by atoms with van der Waals surface area (Å²) in [6.45, 7) is 8.07. The Morgan fingerprint density at radius 2 is 1.62 bits per heavy atom. The zero-order valence-electron chi connectivity index (χ0n) is 21.0. The summed E-state index contributed by atoms with van der Waals surface area (Å²) >= 11 is 1.53. The van der Waals surface area contributed by atoms with Crippen LogP contribution in [-0.2, 0) is 9.53 Å². The molecular weight excluding hydrogens is 444 g/mol. The molecule has 4 bridgehead atoms. The highest BCUT2D eigenvalue weighted by molar-refractivity contribution is 8.01. The molecule has 1 saturated heterocycles. The standard InChI is InChI=1S/C28H40N2O3S/c1-26(2,3)33-25(32)28(8-10-29-11-9-28)34-23-7-5-4-6-22(23)24(31)30-18-27-15-19-12-20(16-27)14-21(13-19)17-27/h4-7,19-21,29H,8-18H2,1-3H3,(H,30,31). The van der Waals surface area contributed by atoms with Crippen LogP contribution in [0.2, 0.25) is 0 Å². The molecule has 0 spiro atoms. The number of ether oxygens (including phenoxy) is 1. The molecule has 1 heterocycles. The van der Waals surface area contributed by atoms with Gasteiger partial charge in [-0.15, -0.1) is 11.8 Å². The Hall–Kier alpha value is -1.53. The summed E-state index contributed by atoms with van der Waals surface area (Å²) in [6, 6.07) is 7.77. The topological polar surface area (TPSA) is 67.4 Å². The van der Waals surface area contributed by atoms with Crippen molar-refractivity contribution in [2.45, 2.75) is 87.4 Å². The molecule has 0 aromatic heterocycles. The number of nitrogens with one attached hydrogen (secondary N) is 2. The smallest absolute Gasteiger partial charge is 0.323 e. The molecule has 5 nitrogen and oxygen atoms in total. The minimum absolute atomic E-state index is 0.00730. The van der Waals surface area contributed by atoms with Crippen LogP contribution >= 0.6 is 11.8 Å². The molecule has 186 valence electrons. The fourth-order valence-electron chi connectivity index (χ4n) is 7.37. The molecule has 0 unspecified atom stereocenters. The summed E-state index contributed by atoms with van der Waals surface area (Å²) in [6.07, 6.45) is 9.46. The summed E-state index contributed by atoms with van der Waals surface area (Å²) in [5.41, 5.74) is 0.447. The van der Waals surface area contributed by atoms with Gasteiger partial charge < -0.3 is 15.4 Å². The minimum Gasteiger partial charge on any atom is -0.459 e. The Bertz CT molecular complexity index is 897. The molecule has 4 aliphatic carbocycles. The third kappa shape index (κ3) is 5.04. The van der Waals surface area contributed by atoms with Gasteiger partial charge >= 0.3 is 5.97 Å². The number of rotatable bonds is 6. The van der Waals surface area contributed by atoms with Crippen LogP contribution in [0.25, 0.3) is 0 Å². The number of thioether (sulfide) groups is 1. The van der Waals surface area contributed by atoms with E-state index in [1.807, 2.05) is 45.0 Å². The van der Waals surface area contributed by atoms with Crippen LogP contribution in [0.15, 0.2) is 29.2 Å². The average molecular weight is 485 g/mol. The molecule has 34 heavy (non-hydrogen) atoms. The van der Waals surface area contributed by atoms with Gasteiger partial charge in [-0.1, -0.05) is 12.1 Å². The van der Waals surface area contributed by atoms with E-state index in [4.69, 9.17) is 4.74 Å². The largest absolute Gasteiger partial charge is 0.459 e. The lowest BCUT2D eigenvalue weighted by Crippen LogP contribution is -2.51. The molecule has 5 aliphatic rings. The summed E-state index contributed by atoms with van der Waals surface area (Å²) in [4.78, 5) is 27.7. The number of piperidine rings is 1. The fourth-order valence-corrected chi connectivity index (χ4v) is 8.74. The van der Waals surface area contributed by atoms with E-state index in [-0.39, 0.29) is 11.9 Å². The van der Waals surface area contributed by atoms with Crippen LogP contribution in [0.4, 0.5) is 0 Å². The Labute approximate surface area is 208 Å². The molecule has 6 rings (SSSR count). The van der Waals surface area contributed by atoms with Gasteiger partial charge in [-0.2, -0.15) is 0 Å². The van der Waals surface area contributed by atoms with Gasteiger partial charge in [0.1, 0.15) is 10.3 Å². The number of carbonyl (C=O) groups excluding carboxylic acids is 2. The molecular formula is C28H40N2O3S. The molecule has 0 radical (unpaired) electrons. The second kappa shape index (κ2) is 9.16. The molecule has 5 fully saturated rings. The first-order valence-electron chi connectivity index (χ1n) is 13.2. The van der Waals surface area contributed by atoms with Gasteiger partial charge in [0.15, 0.2) is 0 Å². The molecule has 1 aromatic carbocycles. The van der Waals surface area contributed by atoms with Crippen molar-refractivity contribution in [3.05, 3.63) is 29.8 Å². The highest BCUT2D eigenvalue weighted by atomic mass is 32.2. The Morgan fingerprint density at radius 1 is 1.03 bits per heavy atom. The highest BCUT2D eigenvalue weighted by Gasteiger charge is 2.51. The van der Waals surface area contributed by atoms with Crippen LogP contribution in [-0.4, -0.2) is 41.9 Å². The second-order valence-electron chi connectivity index (χ2n) is 12.4. The van der Waals surface area contributed by atoms with Crippen molar-refractivity contribution < 1.29 is 14.3 Å². The monoisotopic (exact) mass is 484 g/mol. The normalized spacial score (nSPS) is 31.8. The van der Waals surface area contributed by atoms with Crippen molar-refractivity contribution in [2.24, 2.45) is 23.2 Å². The number of hydrogen-bond donors (Lipinski definition) is 2. The van der Waals surface area contributed by atoms with Crippen LogP contribution in [0, 0.1) is 23.2 Å². The van der Waals surface area contributed by atoms with Gasteiger partial charge in [-0.25, -0.2) is 0 Å². The molecule has 4 saturated carbocycles. The van der Waals surface area contributed by atoms with Crippen LogP contribution in [0.5, 0.6) is 0 Å². The predicted molar refractivity (Wildman–Crippen MR) is 136 cm³/mol. The van der Waals surface area contributed by atoms with Gasteiger partial charge in [0, 0.05) is 11.4 Å². The summed E-state index contributed by atoms with van der Waals surface area (Å²) in [5, 5.41) is 6.70. The Kier molecular flexibility index (Phi) is 6.52.